The van der Waals surface area contributed by atoms with Crippen LogP contribution in [0.25, 0.3) is 17.4 Å². The highest BCUT2D eigenvalue weighted by molar-refractivity contribution is 6.03. The van der Waals surface area contributed by atoms with Crippen molar-refractivity contribution in [1.29, 1.82) is 0 Å². The third kappa shape index (κ3) is 3.81. The standard InChI is InChI=1S/C20H15NO5/c22-17-9-5-4-8-15(17)19(23)21-16(20(24)25)12-14-10-11-18(26-14)13-6-2-1-3-7-13/h1-12,22H,(H,21,23)(H,24,25). The molecular weight excluding hydrogens is 334 g/mol. The number of carbonyl (C=O) groups excluding carboxylic acids is 1. The summed E-state index contributed by atoms with van der Waals surface area (Å²) in [7, 11) is 0. The molecule has 0 spiro atoms. The molecule has 0 aliphatic rings. The minimum absolute atomic E-state index is 0.0240. The summed E-state index contributed by atoms with van der Waals surface area (Å²) in [5, 5.41) is 21.3. The van der Waals surface area contributed by atoms with Gasteiger partial charge in [0.2, 0.25) is 0 Å². The Bertz CT molecular complexity index is 973. The van der Waals surface area contributed by atoms with Gasteiger partial charge in [-0.05, 0) is 24.3 Å². The molecule has 6 heteroatoms. The van der Waals surface area contributed by atoms with Gasteiger partial charge in [0.05, 0.1) is 5.56 Å². The summed E-state index contributed by atoms with van der Waals surface area (Å²) in [6.07, 6.45) is 1.21. The Kier molecular flexibility index (Phi) is 4.85. The van der Waals surface area contributed by atoms with Crippen LogP contribution in [0.4, 0.5) is 0 Å². The monoisotopic (exact) mass is 349 g/mol. The first-order valence-electron chi connectivity index (χ1n) is 7.74. The number of phenols is 1. The van der Waals surface area contributed by atoms with Crippen LogP contribution in [-0.4, -0.2) is 22.1 Å². The number of nitrogens with one attached hydrogen (secondary N) is 1. The summed E-state index contributed by atoms with van der Waals surface area (Å²) in [4.78, 5) is 23.6. The highest BCUT2D eigenvalue weighted by Crippen LogP contribution is 2.23. The zero-order valence-corrected chi connectivity index (χ0v) is 13.5. The first-order chi connectivity index (χ1) is 12.5. The van der Waals surface area contributed by atoms with E-state index >= 15 is 0 Å². The van der Waals surface area contributed by atoms with Crippen molar-refractivity contribution in [3.63, 3.8) is 0 Å². The third-order valence-corrected chi connectivity index (χ3v) is 3.60. The molecule has 0 radical (unpaired) electrons. The minimum Gasteiger partial charge on any atom is -0.507 e. The fraction of sp³-hybridized carbons (Fsp3) is 0. The molecule has 0 fully saturated rings. The molecule has 0 saturated heterocycles. The number of aliphatic carboxylic acids is 1. The van der Waals surface area contributed by atoms with Crippen LogP contribution >= 0.6 is 0 Å². The number of carbonyl (C=O) groups is 2. The van der Waals surface area contributed by atoms with Crippen LogP contribution < -0.4 is 5.32 Å². The fourth-order valence-electron chi connectivity index (χ4n) is 2.34. The maximum Gasteiger partial charge on any atom is 0.352 e. The molecule has 0 bridgehead atoms. The molecule has 26 heavy (non-hydrogen) atoms. The van der Waals surface area contributed by atoms with Gasteiger partial charge in [-0.25, -0.2) is 4.79 Å². The fourth-order valence-corrected chi connectivity index (χ4v) is 2.34. The van der Waals surface area contributed by atoms with Crippen LogP contribution in [0.2, 0.25) is 0 Å². The van der Waals surface area contributed by atoms with E-state index < -0.39 is 11.9 Å². The van der Waals surface area contributed by atoms with Crippen LogP contribution in [0.3, 0.4) is 0 Å². The van der Waals surface area contributed by atoms with Gasteiger partial charge >= 0.3 is 5.97 Å². The lowest BCUT2D eigenvalue weighted by molar-refractivity contribution is -0.132. The van der Waals surface area contributed by atoms with Gasteiger partial charge in [-0.3, -0.25) is 4.79 Å². The van der Waals surface area contributed by atoms with E-state index in [1.54, 1.807) is 24.3 Å². The van der Waals surface area contributed by atoms with Gasteiger partial charge < -0.3 is 19.9 Å². The molecular formula is C20H15NO5. The number of benzene rings is 2. The maximum absolute atomic E-state index is 12.2. The molecule has 3 aromatic rings. The van der Waals surface area contributed by atoms with Gasteiger partial charge in [0.1, 0.15) is 23.0 Å². The molecule has 6 nitrogen and oxygen atoms in total. The van der Waals surface area contributed by atoms with Crippen molar-refractivity contribution < 1.29 is 24.2 Å². The Balaban J connectivity index is 1.84. The molecule has 0 atom stereocenters. The molecule has 0 unspecified atom stereocenters. The molecule has 1 amide bonds. The Morgan fingerprint density at radius 2 is 1.62 bits per heavy atom. The predicted octanol–water partition coefficient (Wildman–Crippen LogP) is 3.51. The zero-order chi connectivity index (χ0) is 18.5. The Labute approximate surface area is 149 Å². The number of hydrogen-bond acceptors (Lipinski definition) is 4. The molecule has 130 valence electrons. The number of para-hydroxylation sites is 1. The topological polar surface area (TPSA) is 99.8 Å². The molecule has 0 aliphatic heterocycles. The van der Waals surface area contributed by atoms with Crippen molar-refractivity contribution in [2.75, 3.05) is 0 Å². The Morgan fingerprint density at radius 1 is 0.923 bits per heavy atom. The number of phenolic OH excluding ortho intramolecular Hbond substituents is 1. The summed E-state index contributed by atoms with van der Waals surface area (Å²) in [6.45, 7) is 0. The van der Waals surface area contributed by atoms with E-state index in [0.29, 0.717) is 5.76 Å². The van der Waals surface area contributed by atoms with Crippen molar-refractivity contribution in [3.05, 3.63) is 83.8 Å². The SMILES string of the molecule is O=C(O)C(=Cc1ccc(-c2ccccc2)o1)NC(=O)c1ccccc1O. The van der Waals surface area contributed by atoms with E-state index in [-0.39, 0.29) is 22.8 Å². The predicted molar refractivity (Wildman–Crippen MR) is 95.3 cm³/mol. The molecule has 3 N–H and O–H groups in total. The lowest BCUT2D eigenvalue weighted by Gasteiger charge is -2.07. The number of carboxylic acid groups (broad SMARTS) is 1. The number of furan rings is 1. The van der Waals surface area contributed by atoms with Crippen LogP contribution in [0, 0.1) is 0 Å². The second kappa shape index (κ2) is 7.40. The van der Waals surface area contributed by atoms with Crippen molar-refractivity contribution in [2.24, 2.45) is 0 Å². The summed E-state index contributed by atoms with van der Waals surface area (Å²) in [5.41, 5.74) is 0.457. The van der Waals surface area contributed by atoms with Crippen molar-refractivity contribution in [1.82, 2.24) is 5.32 Å². The molecule has 2 aromatic carbocycles. The van der Waals surface area contributed by atoms with Gasteiger partial charge in [-0.2, -0.15) is 0 Å². The first-order valence-corrected chi connectivity index (χ1v) is 7.74. The van der Waals surface area contributed by atoms with Gasteiger partial charge in [0.25, 0.3) is 5.91 Å². The summed E-state index contributed by atoms with van der Waals surface area (Å²) < 4.78 is 5.62. The lowest BCUT2D eigenvalue weighted by atomic mass is 10.2. The molecule has 0 aliphatic carbocycles. The summed E-state index contributed by atoms with van der Waals surface area (Å²) in [6, 6.07) is 18.5. The largest absolute Gasteiger partial charge is 0.507 e. The van der Waals surface area contributed by atoms with Crippen LogP contribution in [0.15, 0.2) is 76.8 Å². The summed E-state index contributed by atoms with van der Waals surface area (Å²) in [5.74, 6) is -1.44. The minimum atomic E-state index is -1.33. The van der Waals surface area contributed by atoms with Crippen LogP contribution in [0.1, 0.15) is 16.1 Å². The van der Waals surface area contributed by atoms with Gasteiger partial charge in [-0.1, -0.05) is 42.5 Å². The number of hydrogen-bond donors (Lipinski definition) is 3. The van der Waals surface area contributed by atoms with Crippen molar-refractivity contribution in [2.45, 2.75) is 0 Å². The van der Waals surface area contributed by atoms with Crippen LogP contribution in [0.5, 0.6) is 5.75 Å². The quantitative estimate of drug-likeness (QED) is 0.612. The molecule has 1 aromatic heterocycles. The van der Waals surface area contributed by atoms with Crippen LogP contribution in [-0.2, 0) is 4.79 Å². The van der Waals surface area contributed by atoms with Gasteiger partial charge in [0, 0.05) is 11.6 Å². The smallest absolute Gasteiger partial charge is 0.352 e. The molecule has 3 rings (SSSR count). The van der Waals surface area contributed by atoms with E-state index in [0.717, 1.165) is 5.56 Å². The van der Waals surface area contributed by atoms with Gasteiger partial charge in [-0.15, -0.1) is 0 Å². The number of rotatable bonds is 5. The average molecular weight is 349 g/mol. The average Bonchev–Trinajstić information content (AvgIpc) is 3.11. The van der Waals surface area contributed by atoms with E-state index in [2.05, 4.69) is 5.32 Å². The maximum atomic E-state index is 12.2. The second-order valence-electron chi connectivity index (χ2n) is 5.40. The van der Waals surface area contributed by atoms with Crippen molar-refractivity contribution >= 4 is 18.0 Å². The number of carboxylic acids is 1. The summed E-state index contributed by atoms with van der Waals surface area (Å²) >= 11 is 0. The van der Waals surface area contributed by atoms with Crippen molar-refractivity contribution in [3.8, 4) is 17.1 Å². The molecule has 0 saturated carbocycles. The number of aromatic hydroxyl groups is 1. The normalized spacial score (nSPS) is 11.2. The highest BCUT2D eigenvalue weighted by atomic mass is 16.4. The van der Waals surface area contributed by atoms with E-state index in [9.17, 15) is 19.8 Å². The highest BCUT2D eigenvalue weighted by Gasteiger charge is 2.16. The zero-order valence-electron chi connectivity index (χ0n) is 13.5. The Hall–Kier alpha value is -3.80. The molecule has 1 heterocycles. The lowest BCUT2D eigenvalue weighted by Crippen LogP contribution is -2.27. The number of amides is 1. The van der Waals surface area contributed by atoms with E-state index in [1.165, 1.54) is 18.2 Å². The Morgan fingerprint density at radius 3 is 2.31 bits per heavy atom. The van der Waals surface area contributed by atoms with Gasteiger partial charge in [0.15, 0.2) is 0 Å². The second-order valence-corrected chi connectivity index (χ2v) is 5.40. The third-order valence-electron chi connectivity index (χ3n) is 3.60. The van der Waals surface area contributed by atoms with E-state index in [4.69, 9.17) is 4.42 Å². The van der Waals surface area contributed by atoms with E-state index in [1.807, 2.05) is 30.3 Å². The first kappa shape index (κ1) is 17.0.